The third kappa shape index (κ3) is 5.03. The van der Waals surface area contributed by atoms with Gasteiger partial charge in [-0.05, 0) is 66.1 Å². The van der Waals surface area contributed by atoms with E-state index < -0.39 is 17.1 Å². The summed E-state index contributed by atoms with van der Waals surface area (Å²) >= 11 is 0. The molecule has 0 spiro atoms. The van der Waals surface area contributed by atoms with Crippen molar-refractivity contribution in [1.29, 1.82) is 5.26 Å². The molecule has 1 unspecified atom stereocenters. The maximum Gasteiger partial charge on any atom is 0.332 e. The number of esters is 1. The Kier molecular flexibility index (Phi) is 7.91. The van der Waals surface area contributed by atoms with Gasteiger partial charge in [-0.1, -0.05) is 97.1 Å². The molecule has 4 aromatic carbocycles. The van der Waals surface area contributed by atoms with Crippen molar-refractivity contribution in [3.05, 3.63) is 161 Å². The monoisotopic (exact) mass is 567 g/mol. The summed E-state index contributed by atoms with van der Waals surface area (Å²) in [4.78, 5) is 17.6. The molecule has 0 saturated heterocycles. The lowest BCUT2D eigenvalue weighted by atomic mass is 9.75. The molecule has 0 radical (unpaired) electrons. The number of carbonyl (C=O) groups excluding carboxylic acids is 1. The number of imidazole rings is 1. The van der Waals surface area contributed by atoms with Crippen LogP contribution in [0.4, 0.5) is 0 Å². The highest BCUT2D eigenvalue weighted by Gasteiger charge is 2.44. The largest absolute Gasteiger partial charge is 0.464 e. The van der Waals surface area contributed by atoms with Gasteiger partial charge in [0.05, 0.1) is 30.3 Å². The van der Waals surface area contributed by atoms with E-state index in [1.165, 1.54) is 0 Å². The minimum atomic E-state index is -0.991. The summed E-state index contributed by atoms with van der Waals surface area (Å²) in [6, 6.07) is 39.2. The molecule has 0 bridgehead atoms. The molecule has 0 N–H and O–H groups in total. The quantitative estimate of drug-likeness (QED) is 0.145. The van der Waals surface area contributed by atoms with Crippen LogP contribution in [0, 0.1) is 11.3 Å². The lowest BCUT2D eigenvalue weighted by Crippen LogP contribution is -2.39. The van der Waals surface area contributed by atoms with Crippen LogP contribution in [0.25, 0.3) is 0 Å². The fourth-order valence-electron chi connectivity index (χ4n) is 6.50. The Balaban J connectivity index is 1.58. The van der Waals surface area contributed by atoms with Crippen LogP contribution in [-0.2, 0) is 31.8 Å². The number of aryl methyl sites for hydroxylation is 1. The molecule has 1 aliphatic rings. The van der Waals surface area contributed by atoms with E-state index in [9.17, 15) is 10.1 Å². The van der Waals surface area contributed by atoms with Gasteiger partial charge >= 0.3 is 5.97 Å². The van der Waals surface area contributed by atoms with E-state index in [2.05, 4.69) is 89.6 Å². The standard InChI is InChI=1S/C37H33N3O3/c1-2-42-35(41)26-43-36(22-12-13-29-23-28(24-38)20-21-33(29)36)34-25-40(27-39-34)37(30-14-6-3-7-15-30,31-16-8-4-9-17-31)32-18-10-5-11-19-32/h3-11,14-21,23,25,27H,2,12-13,22,26H2,1H3. The second kappa shape index (κ2) is 12.1. The normalized spacial score (nSPS) is 16.2. The van der Waals surface area contributed by atoms with Crippen molar-refractivity contribution in [3.63, 3.8) is 0 Å². The maximum atomic E-state index is 12.6. The van der Waals surface area contributed by atoms with Crippen molar-refractivity contribution in [2.75, 3.05) is 13.2 Å². The van der Waals surface area contributed by atoms with E-state index in [1.807, 2.05) is 42.7 Å². The molecule has 43 heavy (non-hydrogen) atoms. The number of hydrogen-bond donors (Lipinski definition) is 0. The van der Waals surface area contributed by atoms with Gasteiger partial charge in [-0.2, -0.15) is 5.26 Å². The van der Waals surface area contributed by atoms with Gasteiger partial charge in [-0.3, -0.25) is 0 Å². The number of nitrogens with zero attached hydrogens (tertiary/aromatic N) is 3. The van der Waals surface area contributed by atoms with Crippen molar-refractivity contribution in [2.24, 2.45) is 0 Å². The Bertz CT molecular complexity index is 1650. The Hall–Kier alpha value is -4.99. The predicted molar refractivity (Wildman–Crippen MR) is 164 cm³/mol. The molecule has 6 rings (SSSR count). The molecule has 0 fully saturated rings. The average molecular weight is 568 g/mol. The zero-order valence-corrected chi connectivity index (χ0v) is 24.1. The van der Waals surface area contributed by atoms with Crippen LogP contribution >= 0.6 is 0 Å². The molecule has 214 valence electrons. The van der Waals surface area contributed by atoms with Gasteiger partial charge in [-0.25, -0.2) is 9.78 Å². The molecule has 6 heteroatoms. The van der Waals surface area contributed by atoms with Gasteiger partial charge in [0.25, 0.3) is 0 Å². The third-order valence-electron chi connectivity index (χ3n) is 8.34. The number of benzene rings is 4. The SMILES string of the molecule is CCOC(=O)COC1(c2cn(C(c3ccccc3)(c3ccccc3)c3ccccc3)cn2)CCCc2cc(C#N)ccc21. The van der Waals surface area contributed by atoms with Crippen LogP contribution in [0.5, 0.6) is 0 Å². The summed E-state index contributed by atoms with van der Waals surface area (Å²) < 4.78 is 14.0. The van der Waals surface area contributed by atoms with Crippen molar-refractivity contribution in [1.82, 2.24) is 9.55 Å². The van der Waals surface area contributed by atoms with E-state index >= 15 is 0 Å². The topological polar surface area (TPSA) is 77.1 Å². The van der Waals surface area contributed by atoms with Gasteiger partial charge in [0.15, 0.2) is 0 Å². The van der Waals surface area contributed by atoms with E-state index in [-0.39, 0.29) is 13.2 Å². The summed E-state index contributed by atoms with van der Waals surface area (Å²) in [5, 5.41) is 9.58. The van der Waals surface area contributed by atoms with Gasteiger partial charge in [0.1, 0.15) is 17.7 Å². The third-order valence-corrected chi connectivity index (χ3v) is 8.34. The van der Waals surface area contributed by atoms with E-state index in [0.717, 1.165) is 40.7 Å². The van der Waals surface area contributed by atoms with Crippen LogP contribution in [0.2, 0.25) is 0 Å². The summed E-state index contributed by atoms with van der Waals surface area (Å²) in [6.45, 7) is 1.85. The van der Waals surface area contributed by atoms with Crippen LogP contribution in [0.3, 0.4) is 0 Å². The first-order valence-corrected chi connectivity index (χ1v) is 14.7. The van der Waals surface area contributed by atoms with Crippen LogP contribution in [0.15, 0.2) is 122 Å². The van der Waals surface area contributed by atoms with Crippen LogP contribution < -0.4 is 0 Å². The molecule has 1 atom stereocenters. The zero-order chi connectivity index (χ0) is 29.7. The predicted octanol–water partition coefficient (Wildman–Crippen LogP) is 6.75. The van der Waals surface area contributed by atoms with Crippen molar-refractivity contribution in [3.8, 4) is 6.07 Å². The van der Waals surface area contributed by atoms with Crippen molar-refractivity contribution < 1.29 is 14.3 Å². The second-order valence-electron chi connectivity index (χ2n) is 10.7. The van der Waals surface area contributed by atoms with Gasteiger partial charge < -0.3 is 14.0 Å². The second-order valence-corrected chi connectivity index (χ2v) is 10.7. The minimum absolute atomic E-state index is 0.207. The molecular weight excluding hydrogens is 534 g/mol. The number of rotatable bonds is 9. The molecule has 5 aromatic rings. The Labute approximate surface area is 252 Å². The molecular formula is C37H33N3O3. The summed E-state index contributed by atoms with van der Waals surface area (Å²) in [6.07, 6.45) is 6.20. The lowest BCUT2D eigenvalue weighted by molar-refractivity contribution is -0.155. The first-order chi connectivity index (χ1) is 21.1. The number of carbonyl (C=O) groups is 1. The highest BCUT2D eigenvalue weighted by Crippen LogP contribution is 2.46. The fourth-order valence-corrected chi connectivity index (χ4v) is 6.50. The lowest BCUT2D eigenvalue weighted by Gasteiger charge is -2.39. The van der Waals surface area contributed by atoms with Gasteiger partial charge in [0, 0.05) is 6.20 Å². The average Bonchev–Trinajstić information content (AvgIpc) is 3.57. The smallest absolute Gasteiger partial charge is 0.332 e. The van der Waals surface area contributed by atoms with Crippen molar-refractivity contribution in [2.45, 2.75) is 37.3 Å². The highest BCUT2D eigenvalue weighted by molar-refractivity contribution is 5.70. The molecule has 0 amide bonds. The summed E-state index contributed by atoms with van der Waals surface area (Å²) in [5.74, 6) is -0.422. The highest BCUT2D eigenvalue weighted by atomic mass is 16.6. The molecule has 1 heterocycles. The van der Waals surface area contributed by atoms with Crippen molar-refractivity contribution >= 4 is 5.97 Å². The first kappa shape index (κ1) is 28.1. The zero-order valence-electron chi connectivity index (χ0n) is 24.1. The molecule has 1 aliphatic carbocycles. The summed E-state index contributed by atoms with van der Waals surface area (Å²) in [5.41, 5.74) is 4.79. The number of hydrogen-bond acceptors (Lipinski definition) is 5. The Morgan fingerprint density at radius 2 is 1.53 bits per heavy atom. The molecule has 1 aromatic heterocycles. The molecule has 6 nitrogen and oxygen atoms in total. The van der Waals surface area contributed by atoms with Gasteiger partial charge in [-0.15, -0.1) is 0 Å². The Morgan fingerprint density at radius 3 is 2.09 bits per heavy atom. The maximum absolute atomic E-state index is 12.6. The molecule has 0 aliphatic heterocycles. The number of aromatic nitrogens is 2. The van der Waals surface area contributed by atoms with Crippen LogP contribution in [-0.4, -0.2) is 28.7 Å². The van der Waals surface area contributed by atoms with E-state index in [4.69, 9.17) is 14.5 Å². The molecule has 0 saturated carbocycles. The fraction of sp³-hybridized carbons (Fsp3) is 0.216. The Morgan fingerprint density at radius 1 is 0.930 bits per heavy atom. The first-order valence-electron chi connectivity index (χ1n) is 14.7. The van der Waals surface area contributed by atoms with E-state index in [0.29, 0.717) is 17.7 Å². The number of nitriles is 1. The number of fused-ring (bicyclic) bond motifs is 1. The van der Waals surface area contributed by atoms with Gasteiger partial charge in [0.2, 0.25) is 0 Å². The minimum Gasteiger partial charge on any atom is -0.464 e. The summed E-state index contributed by atoms with van der Waals surface area (Å²) in [7, 11) is 0. The van der Waals surface area contributed by atoms with Crippen LogP contribution in [0.1, 0.15) is 58.8 Å². The number of ether oxygens (including phenoxy) is 2. The van der Waals surface area contributed by atoms with E-state index in [1.54, 1.807) is 6.92 Å².